The summed E-state index contributed by atoms with van der Waals surface area (Å²) in [5.41, 5.74) is 1.01. The zero-order valence-corrected chi connectivity index (χ0v) is 11.3. The fourth-order valence-corrected chi connectivity index (χ4v) is 1.71. The predicted molar refractivity (Wildman–Crippen MR) is 75.1 cm³/mol. The van der Waals surface area contributed by atoms with E-state index in [0.717, 1.165) is 5.56 Å². The van der Waals surface area contributed by atoms with Crippen molar-refractivity contribution in [2.24, 2.45) is 0 Å². The van der Waals surface area contributed by atoms with Crippen LogP contribution in [0.1, 0.15) is 18.9 Å². The van der Waals surface area contributed by atoms with Gasteiger partial charge in [0.1, 0.15) is 5.75 Å². The van der Waals surface area contributed by atoms with Crippen LogP contribution in [0.15, 0.2) is 36.9 Å². The van der Waals surface area contributed by atoms with Crippen LogP contribution < -0.4 is 10.1 Å². The fraction of sp³-hybridized carbons (Fsp3) is 0.400. The van der Waals surface area contributed by atoms with Crippen molar-refractivity contribution in [2.75, 3.05) is 13.2 Å². The zero-order valence-electron chi connectivity index (χ0n) is 11.3. The summed E-state index contributed by atoms with van der Waals surface area (Å²) in [5.74, 6) is 0.498. The monoisotopic (exact) mass is 263 g/mol. The third-order valence-corrected chi connectivity index (χ3v) is 2.68. The number of allylic oxidation sites excluding steroid dienone is 1. The number of para-hydroxylation sites is 1. The van der Waals surface area contributed by atoms with Crippen molar-refractivity contribution in [1.82, 2.24) is 5.32 Å². The number of amides is 1. The quantitative estimate of drug-likeness (QED) is 0.702. The molecule has 0 aliphatic heterocycles. The van der Waals surface area contributed by atoms with Gasteiger partial charge in [-0.15, -0.1) is 6.58 Å². The summed E-state index contributed by atoms with van der Waals surface area (Å²) in [6.07, 6.45) is 2.53. The first-order valence-corrected chi connectivity index (χ1v) is 6.47. The molecule has 0 bridgehead atoms. The van der Waals surface area contributed by atoms with Gasteiger partial charge in [0.25, 0.3) is 5.91 Å². The molecule has 4 heteroatoms. The normalized spacial score (nSPS) is 11.7. The summed E-state index contributed by atoms with van der Waals surface area (Å²) in [4.78, 5) is 11.8. The molecule has 0 saturated carbocycles. The lowest BCUT2D eigenvalue weighted by atomic mass is 10.1. The average molecular weight is 263 g/mol. The van der Waals surface area contributed by atoms with Crippen LogP contribution in [0.2, 0.25) is 0 Å². The molecule has 0 fully saturated rings. The number of aliphatic hydroxyl groups is 1. The van der Waals surface area contributed by atoms with Gasteiger partial charge in [0.05, 0.1) is 6.61 Å². The van der Waals surface area contributed by atoms with Gasteiger partial charge in [0.2, 0.25) is 0 Å². The van der Waals surface area contributed by atoms with E-state index in [2.05, 4.69) is 11.9 Å². The maximum absolute atomic E-state index is 11.8. The van der Waals surface area contributed by atoms with Crippen LogP contribution in [0.3, 0.4) is 0 Å². The second-order valence-corrected chi connectivity index (χ2v) is 4.13. The molecule has 0 saturated heterocycles. The average Bonchev–Trinajstić information content (AvgIpc) is 2.44. The highest BCUT2D eigenvalue weighted by Crippen LogP contribution is 2.21. The Bertz CT molecular complexity index is 418. The summed E-state index contributed by atoms with van der Waals surface area (Å²) < 4.78 is 5.76. The first kappa shape index (κ1) is 15.2. The van der Waals surface area contributed by atoms with Crippen LogP contribution in [0.5, 0.6) is 5.75 Å². The molecule has 1 aromatic carbocycles. The van der Waals surface area contributed by atoms with Crippen LogP contribution in [0.25, 0.3) is 0 Å². The van der Waals surface area contributed by atoms with Crippen LogP contribution in [-0.2, 0) is 11.2 Å². The number of hydrogen-bond donors (Lipinski definition) is 2. The number of nitrogens with one attached hydrogen (secondary N) is 1. The van der Waals surface area contributed by atoms with Crippen LogP contribution in [-0.4, -0.2) is 30.3 Å². The molecule has 1 amide bonds. The maximum Gasteiger partial charge on any atom is 0.261 e. The smallest absolute Gasteiger partial charge is 0.261 e. The lowest BCUT2D eigenvalue weighted by molar-refractivity contribution is -0.128. The SMILES string of the molecule is C=CCc1ccccc1O[C@H](CC)C(=O)NCCO. The first-order valence-electron chi connectivity index (χ1n) is 6.47. The van der Waals surface area contributed by atoms with Gasteiger partial charge in [0, 0.05) is 6.54 Å². The molecule has 19 heavy (non-hydrogen) atoms. The van der Waals surface area contributed by atoms with Crippen molar-refractivity contribution in [3.8, 4) is 5.75 Å². The van der Waals surface area contributed by atoms with Gasteiger partial charge in [-0.05, 0) is 24.5 Å². The van der Waals surface area contributed by atoms with E-state index in [1.165, 1.54) is 0 Å². The third kappa shape index (κ3) is 4.75. The molecule has 104 valence electrons. The molecule has 0 unspecified atom stereocenters. The van der Waals surface area contributed by atoms with Crippen LogP contribution in [0.4, 0.5) is 0 Å². The number of ether oxygens (including phenoxy) is 1. The summed E-state index contributed by atoms with van der Waals surface area (Å²) >= 11 is 0. The van der Waals surface area contributed by atoms with E-state index in [-0.39, 0.29) is 19.1 Å². The van der Waals surface area contributed by atoms with E-state index in [1.807, 2.05) is 31.2 Å². The summed E-state index contributed by atoms with van der Waals surface area (Å²) in [6.45, 7) is 5.77. The Morgan fingerprint density at radius 2 is 2.26 bits per heavy atom. The van der Waals surface area contributed by atoms with E-state index in [1.54, 1.807) is 6.08 Å². The van der Waals surface area contributed by atoms with Crippen molar-refractivity contribution in [2.45, 2.75) is 25.9 Å². The Kier molecular flexibility index (Phi) is 6.68. The highest BCUT2D eigenvalue weighted by atomic mass is 16.5. The predicted octanol–water partition coefficient (Wildman–Crippen LogP) is 1.68. The molecule has 0 aromatic heterocycles. The van der Waals surface area contributed by atoms with Gasteiger partial charge in [-0.25, -0.2) is 0 Å². The standard InChI is InChI=1S/C15H21NO3/c1-3-7-12-8-5-6-9-14(12)19-13(4-2)15(18)16-10-11-17/h3,5-6,8-9,13,17H,1,4,7,10-11H2,2H3,(H,16,18)/t13-/m1/s1. The highest BCUT2D eigenvalue weighted by molar-refractivity contribution is 5.81. The minimum Gasteiger partial charge on any atom is -0.480 e. The second-order valence-electron chi connectivity index (χ2n) is 4.13. The molecular weight excluding hydrogens is 242 g/mol. The van der Waals surface area contributed by atoms with Gasteiger partial charge in [-0.3, -0.25) is 4.79 Å². The van der Waals surface area contributed by atoms with Crippen molar-refractivity contribution < 1.29 is 14.6 Å². The Morgan fingerprint density at radius 3 is 2.89 bits per heavy atom. The molecule has 0 spiro atoms. The van der Waals surface area contributed by atoms with Crippen LogP contribution >= 0.6 is 0 Å². The van der Waals surface area contributed by atoms with Gasteiger partial charge in [0.15, 0.2) is 6.10 Å². The lowest BCUT2D eigenvalue weighted by Crippen LogP contribution is -2.39. The molecule has 1 rings (SSSR count). The number of carbonyl (C=O) groups is 1. The molecule has 4 nitrogen and oxygen atoms in total. The minimum absolute atomic E-state index is 0.0742. The molecule has 2 N–H and O–H groups in total. The van der Waals surface area contributed by atoms with E-state index >= 15 is 0 Å². The van der Waals surface area contributed by atoms with Crippen LogP contribution in [0, 0.1) is 0 Å². The Labute approximate surface area is 114 Å². The van der Waals surface area contributed by atoms with E-state index in [0.29, 0.717) is 18.6 Å². The summed E-state index contributed by atoms with van der Waals surface area (Å²) in [6, 6.07) is 7.61. The molecule has 0 heterocycles. The number of hydrogen-bond acceptors (Lipinski definition) is 3. The van der Waals surface area contributed by atoms with Crippen molar-refractivity contribution in [3.63, 3.8) is 0 Å². The Balaban J connectivity index is 2.74. The number of aliphatic hydroxyl groups excluding tert-OH is 1. The topological polar surface area (TPSA) is 58.6 Å². The molecule has 0 aliphatic rings. The van der Waals surface area contributed by atoms with Crippen molar-refractivity contribution in [3.05, 3.63) is 42.5 Å². The fourth-order valence-electron chi connectivity index (χ4n) is 1.71. The van der Waals surface area contributed by atoms with E-state index in [4.69, 9.17) is 9.84 Å². The Morgan fingerprint density at radius 1 is 1.53 bits per heavy atom. The van der Waals surface area contributed by atoms with Crippen molar-refractivity contribution >= 4 is 5.91 Å². The van der Waals surface area contributed by atoms with Gasteiger partial charge >= 0.3 is 0 Å². The molecule has 0 aliphatic carbocycles. The van der Waals surface area contributed by atoms with Gasteiger partial charge in [-0.2, -0.15) is 0 Å². The summed E-state index contributed by atoms with van der Waals surface area (Å²) in [7, 11) is 0. The number of carbonyl (C=O) groups excluding carboxylic acids is 1. The molecule has 1 aromatic rings. The van der Waals surface area contributed by atoms with Gasteiger partial charge < -0.3 is 15.2 Å². The number of benzene rings is 1. The largest absolute Gasteiger partial charge is 0.480 e. The second kappa shape index (κ2) is 8.32. The maximum atomic E-state index is 11.8. The van der Waals surface area contributed by atoms with Gasteiger partial charge in [-0.1, -0.05) is 31.2 Å². The minimum atomic E-state index is -0.544. The lowest BCUT2D eigenvalue weighted by Gasteiger charge is -2.18. The number of rotatable bonds is 8. The molecule has 0 radical (unpaired) electrons. The van der Waals surface area contributed by atoms with Crippen molar-refractivity contribution in [1.29, 1.82) is 0 Å². The third-order valence-electron chi connectivity index (χ3n) is 2.68. The first-order chi connectivity index (χ1) is 9.22. The highest BCUT2D eigenvalue weighted by Gasteiger charge is 2.18. The molecular formula is C15H21NO3. The molecule has 1 atom stereocenters. The summed E-state index contributed by atoms with van der Waals surface area (Å²) in [5, 5.41) is 11.3. The Hall–Kier alpha value is -1.81. The zero-order chi connectivity index (χ0) is 14.1. The van der Waals surface area contributed by atoms with E-state index < -0.39 is 6.10 Å². The van der Waals surface area contributed by atoms with E-state index in [9.17, 15) is 4.79 Å².